The van der Waals surface area contributed by atoms with E-state index in [4.69, 9.17) is 14.0 Å². The molecule has 5 rings (SSSR count). The molecule has 0 bridgehead atoms. The molecule has 4 aromatic rings. The zero-order valence-corrected chi connectivity index (χ0v) is 21.0. The minimum absolute atomic E-state index is 0.158. The average molecular weight is 492 g/mol. The second-order valence-electron chi connectivity index (χ2n) is 8.86. The summed E-state index contributed by atoms with van der Waals surface area (Å²) < 4.78 is 18.9. The van der Waals surface area contributed by atoms with E-state index in [0.717, 1.165) is 47.3 Å². The van der Waals surface area contributed by atoms with Crippen LogP contribution in [0.25, 0.3) is 22.8 Å². The summed E-state index contributed by atoms with van der Waals surface area (Å²) >= 11 is 1.53. The lowest BCUT2D eigenvalue weighted by Crippen LogP contribution is -2.16. The normalized spacial score (nSPS) is 15.7. The molecule has 2 aromatic heterocycles. The smallest absolute Gasteiger partial charge is 0.237 e. The van der Waals surface area contributed by atoms with Crippen LogP contribution in [0.1, 0.15) is 44.1 Å². The van der Waals surface area contributed by atoms with Crippen LogP contribution in [-0.2, 0) is 17.0 Å². The molecule has 1 aliphatic heterocycles. The summed E-state index contributed by atoms with van der Waals surface area (Å²) in [6, 6.07) is 16.2. The third-order valence-corrected chi connectivity index (χ3v) is 7.06. The summed E-state index contributed by atoms with van der Waals surface area (Å²) in [5.74, 6) is 3.74. The summed E-state index contributed by atoms with van der Waals surface area (Å²) in [5.41, 5.74) is 3.21. The molecule has 0 N–H and O–H groups in total. The van der Waals surface area contributed by atoms with E-state index in [1.54, 1.807) is 7.11 Å². The van der Waals surface area contributed by atoms with Crippen molar-refractivity contribution in [3.8, 4) is 28.5 Å². The van der Waals surface area contributed by atoms with Gasteiger partial charge in [0.15, 0.2) is 11.0 Å². The molecular formula is C26H29N5O3S. The highest BCUT2D eigenvalue weighted by atomic mass is 32.2. The molecule has 0 spiro atoms. The van der Waals surface area contributed by atoms with Crippen molar-refractivity contribution >= 4 is 11.8 Å². The van der Waals surface area contributed by atoms with E-state index in [1.165, 1.54) is 17.3 Å². The zero-order valence-electron chi connectivity index (χ0n) is 20.2. The van der Waals surface area contributed by atoms with Gasteiger partial charge in [-0.15, -0.1) is 10.2 Å². The van der Waals surface area contributed by atoms with Gasteiger partial charge in [0.1, 0.15) is 5.75 Å². The second kappa shape index (κ2) is 10.6. The van der Waals surface area contributed by atoms with Crippen molar-refractivity contribution < 1.29 is 14.0 Å². The molecule has 9 heteroatoms. The third kappa shape index (κ3) is 5.41. The minimum atomic E-state index is 0.158. The standard InChI is InChI=1S/C26H29N5O3S/c1-17(2)18-6-8-19(9-7-18)24-27-23(34-30-24)16-35-26-29-28-25(20-10-12-21(32-3)13-11-20)31(26)15-22-5-4-14-33-22/h6-13,17,22H,4-5,14-16H2,1-3H3/t22-/m1/s1. The van der Waals surface area contributed by atoms with E-state index in [-0.39, 0.29) is 6.10 Å². The fourth-order valence-electron chi connectivity index (χ4n) is 4.08. The van der Waals surface area contributed by atoms with Gasteiger partial charge in [0.05, 0.1) is 25.5 Å². The van der Waals surface area contributed by atoms with Crippen LogP contribution in [-0.4, -0.2) is 44.7 Å². The van der Waals surface area contributed by atoms with Gasteiger partial charge in [-0.05, 0) is 48.6 Å². The van der Waals surface area contributed by atoms with E-state index in [1.807, 2.05) is 36.4 Å². The van der Waals surface area contributed by atoms with Crippen molar-refractivity contribution in [2.45, 2.75) is 56.2 Å². The number of hydrogen-bond donors (Lipinski definition) is 0. The summed E-state index contributed by atoms with van der Waals surface area (Å²) in [4.78, 5) is 4.59. The van der Waals surface area contributed by atoms with Gasteiger partial charge in [-0.3, -0.25) is 4.57 Å². The van der Waals surface area contributed by atoms with Gasteiger partial charge in [-0.1, -0.05) is 55.0 Å². The van der Waals surface area contributed by atoms with Gasteiger partial charge in [-0.2, -0.15) is 4.98 Å². The molecular weight excluding hydrogens is 462 g/mol. The molecule has 1 aliphatic rings. The minimum Gasteiger partial charge on any atom is -0.497 e. The zero-order chi connectivity index (χ0) is 24.2. The Morgan fingerprint density at radius 1 is 1.06 bits per heavy atom. The number of benzene rings is 2. The Balaban J connectivity index is 1.33. The molecule has 0 amide bonds. The molecule has 35 heavy (non-hydrogen) atoms. The molecule has 1 atom stereocenters. The predicted octanol–water partition coefficient (Wildman–Crippen LogP) is 5.60. The molecule has 8 nitrogen and oxygen atoms in total. The van der Waals surface area contributed by atoms with E-state index >= 15 is 0 Å². The number of methoxy groups -OCH3 is 1. The van der Waals surface area contributed by atoms with Crippen molar-refractivity contribution in [3.63, 3.8) is 0 Å². The molecule has 1 saturated heterocycles. The SMILES string of the molecule is COc1ccc(-c2nnc(SCc3nc(-c4ccc(C(C)C)cc4)no3)n2C[C@H]2CCCO2)cc1. The summed E-state index contributed by atoms with van der Waals surface area (Å²) in [6.45, 7) is 5.86. The Kier molecular flexibility index (Phi) is 7.15. The number of hydrogen-bond acceptors (Lipinski definition) is 8. The number of thioether (sulfide) groups is 1. The average Bonchev–Trinajstić information content (AvgIpc) is 3.65. The molecule has 0 radical (unpaired) electrons. The Bertz CT molecular complexity index is 1240. The lowest BCUT2D eigenvalue weighted by atomic mass is 10.0. The highest BCUT2D eigenvalue weighted by molar-refractivity contribution is 7.98. The maximum absolute atomic E-state index is 5.90. The van der Waals surface area contributed by atoms with Crippen LogP contribution in [0.15, 0.2) is 58.2 Å². The first-order valence-corrected chi connectivity index (χ1v) is 12.8. The van der Waals surface area contributed by atoms with E-state index in [0.29, 0.717) is 29.9 Å². The summed E-state index contributed by atoms with van der Waals surface area (Å²) in [7, 11) is 1.66. The Hall–Kier alpha value is -3.17. The highest BCUT2D eigenvalue weighted by Gasteiger charge is 2.22. The van der Waals surface area contributed by atoms with Crippen LogP contribution in [0, 0.1) is 0 Å². The van der Waals surface area contributed by atoms with Gasteiger partial charge in [0, 0.05) is 17.7 Å². The number of nitrogens with zero attached hydrogens (tertiary/aromatic N) is 5. The largest absolute Gasteiger partial charge is 0.497 e. The van der Waals surface area contributed by atoms with Crippen molar-refractivity contribution in [2.24, 2.45) is 0 Å². The van der Waals surface area contributed by atoms with Crippen LogP contribution < -0.4 is 4.74 Å². The fraction of sp³-hybridized carbons (Fsp3) is 0.385. The van der Waals surface area contributed by atoms with Gasteiger partial charge in [0.2, 0.25) is 11.7 Å². The predicted molar refractivity (Wildman–Crippen MR) is 134 cm³/mol. The quantitative estimate of drug-likeness (QED) is 0.280. The van der Waals surface area contributed by atoms with Gasteiger partial charge in [-0.25, -0.2) is 0 Å². The fourth-order valence-corrected chi connectivity index (χ4v) is 4.87. The van der Waals surface area contributed by atoms with Gasteiger partial charge in [0.25, 0.3) is 0 Å². The van der Waals surface area contributed by atoms with Gasteiger partial charge < -0.3 is 14.0 Å². The third-order valence-electron chi connectivity index (χ3n) is 6.10. The van der Waals surface area contributed by atoms with E-state index in [9.17, 15) is 0 Å². The molecule has 0 unspecified atom stereocenters. The molecule has 1 fully saturated rings. The van der Waals surface area contributed by atoms with Crippen molar-refractivity contribution in [3.05, 3.63) is 60.0 Å². The maximum atomic E-state index is 5.90. The summed E-state index contributed by atoms with van der Waals surface area (Å²) in [6.07, 6.45) is 2.27. The van der Waals surface area contributed by atoms with E-state index in [2.05, 4.69) is 50.9 Å². The Morgan fingerprint density at radius 2 is 1.83 bits per heavy atom. The van der Waals surface area contributed by atoms with Gasteiger partial charge >= 0.3 is 0 Å². The van der Waals surface area contributed by atoms with Crippen molar-refractivity contribution in [1.29, 1.82) is 0 Å². The van der Waals surface area contributed by atoms with Crippen molar-refractivity contribution in [1.82, 2.24) is 24.9 Å². The first-order chi connectivity index (χ1) is 17.1. The summed E-state index contributed by atoms with van der Waals surface area (Å²) in [5, 5.41) is 14.0. The van der Waals surface area contributed by atoms with Crippen LogP contribution in [0.4, 0.5) is 0 Å². The van der Waals surface area contributed by atoms with Crippen LogP contribution in [0.3, 0.4) is 0 Å². The maximum Gasteiger partial charge on any atom is 0.237 e. The number of rotatable bonds is 9. The Labute approximate surface area is 209 Å². The van der Waals surface area contributed by atoms with Crippen molar-refractivity contribution in [2.75, 3.05) is 13.7 Å². The van der Waals surface area contributed by atoms with Crippen LogP contribution in [0.2, 0.25) is 0 Å². The Morgan fingerprint density at radius 3 is 2.51 bits per heavy atom. The number of ether oxygens (including phenoxy) is 2. The first-order valence-electron chi connectivity index (χ1n) is 11.9. The lowest BCUT2D eigenvalue weighted by molar-refractivity contribution is 0.0953. The van der Waals surface area contributed by atoms with Crippen LogP contribution >= 0.6 is 11.8 Å². The van der Waals surface area contributed by atoms with Crippen LogP contribution in [0.5, 0.6) is 5.75 Å². The lowest BCUT2D eigenvalue weighted by Gasteiger charge is -2.14. The molecule has 2 aromatic carbocycles. The topological polar surface area (TPSA) is 88.1 Å². The first kappa shape index (κ1) is 23.6. The monoisotopic (exact) mass is 491 g/mol. The molecule has 0 aliphatic carbocycles. The molecule has 3 heterocycles. The molecule has 0 saturated carbocycles. The van der Waals surface area contributed by atoms with E-state index < -0.39 is 0 Å². The highest BCUT2D eigenvalue weighted by Crippen LogP contribution is 2.29. The molecule has 182 valence electrons. The second-order valence-corrected chi connectivity index (χ2v) is 9.80. The number of aromatic nitrogens is 5.